The Kier molecular flexibility index (Phi) is 6.50. The van der Waals surface area contributed by atoms with Crippen LogP contribution in [0.4, 0.5) is 0 Å². The Balaban J connectivity index is 0.000000686. The van der Waals surface area contributed by atoms with Crippen molar-refractivity contribution in [3.63, 3.8) is 0 Å². The van der Waals surface area contributed by atoms with Crippen molar-refractivity contribution >= 4 is 43.1 Å². The average Bonchev–Trinajstić information content (AvgIpc) is 2.61. The van der Waals surface area contributed by atoms with Crippen LogP contribution in [0, 0.1) is 17.8 Å². The summed E-state index contributed by atoms with van der Waals surface area (Å²) in [6.45, 7) is 9.17. The van der Waals surface area contributed by atoms with Gasteiger partial charge in [0, 0.05) is 55.7 Å². The first kappa shape index (κ1) is 16.0. The number of hydrogen-bond acceptors (Lipinski definition) is 1. The largest absolute Gasteiger partial charge is 0.336 e. The predicted molar refractivity (Wildman–Crippen MR) is 89.5 cm³/mol. The normalized spacial score (nSPS) is 40.7. The Labute approximate surface area is 129 Å². The monoisotopic (exact) mass is 463 g/mol. The topological polar surface area (TPSA) is 20.3 Å². The van der Waals surface area contributed by atoms with Gasteiger partial charge in [0.1, 0.15) is 0 Å². The smallest absolute Gasteiger partial charge is 0.223 e. The van der Waals surface area contributed by atoms with Crippen molar-refractivity contribution in [3.05, 3.63) is 0 Å². The first-order valence-electron chi connectivity index (χ1n) is 6.53. The van der Waals surface area contributed by atoms with Crippen LogP contribution in [0.1, 0.15) is 47.0 Å². The Morgan fingerprint density at radius 1 is 1.24 bits per heavy atom. The van der Waals surface area contributed by atoms with Crippen molar-refractivity contribution in [2.24, 2.45) is 17.8 Å². The van der Waals surface area contributed by atoms with E-state index in [1.807, 2.05) is 0 Å². The van der Waals surface area contributed by atoms with Gasteiger partial charge in [-0.1, -0.05) is 27.7 Å². The van der Waals surface area contributed by atoms with E-state index < -0.39 is 0 Å². The van der Waals surface area contributed by atoms with Gasteiger partial charge in [-0.25, -0.2) is 0 Å². The molecule has 2 saturated heterocycles. The van der Waals surface area contributed by atoms with Crippen molar-refractivity contribution in [2.75, 3.05) is 0 Å². The fraction of sp³-hybridized carbons (Fsp3) is 0.923. The number of carbonyl (C=O) groups is 1. The van der Waals surface area contributed by atoms with Crippen molar-refractivity contribution in [3.8, 4) is 0 Å². The number of fused-ring (bicyclic) bond motifs is 1. The van der Waals surface area contributed by atoms with Gasteiger partial charge in [-0.3, -0.25) is 4.79 Å². The van der Waals surface area contributed by atoms with Gasteiger partial charge < -0.3 is 4.90 Å². The molecule has 0 bridgehead atoms. The molecule has 0 spiro atoms. The highest BCUT2D eigenvalue weighted by molar-refractivity contribution is 15.0. The summed E-state index contributed by atoms with van der Waals surface area (Å²) in [7, 11) is 0. The molecule has 0 radical (unpaired) electrons. The lowest BCUT2D eigenvalue weighted by molar-refractivity contribution is -0.139. The van der Waals surface area contributed by atoms with Gasteiger partial charge in [0.05, 0.1) is 0 Å². The third-order valence-corrected chi connectivity index (χ3v) is 4.76. The molecule has 0 aromatic carbocycles. The van der Waals surface area contributed by atoms with E-state index in [4.69, 9.17) is 0 Å². The summed E-state index contributed by atoms with van der Waals surface area (Å²) >= 11 is 4.24. The van der Waals surface area contributed by atoms with Gasteiger partial charge in [0.15, 0.2) is 0 Å². The van der Waals surface area contributed by atoms with Crippen LogP contribution >= 0.6 is 37.2 Å². The fourth-order valence-electron chi connectivity index (χ4n) is 3.75. The Hall–Kier alpha value is 0.930. The van der Waals surface area contributed by atoms with E-state index in [-0.39, 0.29) is 0 Å². The minimum atomic E-state index is 0.404. The number of rotatable bonds is 1. The lowest BCUT2D eigenvalue weighted by Crippen LogP contribution is -2.48. The van der Waals surface area contributed by atoms with Crippen LogP contribution in [0.5, 0.6) is 0 Å². The summed E-state index contributed by atoms with van der Waals surface area (Å²) in [5, 5.41) is 0. The number of hydrogen-bond donors (Lipinski definition) is 0. The van der Waals surface area contributed by atoms with E-state index in [1.54, 1.807) is 0 Å². The zero-order valence-corrected chi connectivity index (χ0v) is 15.4. The number of halogens is 2. The van der Waals surface area contributed by atoms with Crippen LogP contribution < -0.4 is 0 Å². The molecule has 17 heavy (non-hydrogen) atoms. The summed E-state index contributed by atoms with van der Waals surface area (Å²) < 4.78 is 0. The molecule has 2 nitrogen and oxygen atoms in total. The molecule has 5 atom stereocenters. The second-order valence-corrected chi connectivity index (χ2v) is 5.50. The average molecular weight is 463 g/mol. The Morgan fingerprint density at radius 3 is 2.35 bits per heavy atom. The maximum Gasteiger partial charge on any atom is 0.223 e. The standard InChI is InChI=1S/C13H23NO.I2/c1-5-11-9(3)10(4)13-8(2)6-7-12(15)14(11)13;1-2/h8-11,13H,5-7H2,1-4H3;/t8?,9-,10+,11?,13?;/m0./s1. The number of carbonyl (C=O) groups excluding carboxylic acids is 1. The van der Waals surface area contributed by atoms with Gasteiger partial charge >= 0.3 is 0 Å². The molecule has 3 unspecified atom stereocenters. The molecule has 0 N–H and O–H groups in total. The first-order chi connectivity index (χ1) is 8.07. The molecule has 2 fully saturated rings. The molecule has 0 aliphatic carbocycles. The highest BCUT2D eigenvalue weighted by Gasteiger charge is 2.49. The molecule has 1 amide bonds. The molecular weight excluding hydrogens is 440 g/mol. The second kappa shape index (κ2) is 6.91. The molecule has 2 rings (SSSR count). The predicted octanol–water partition coefficient (Wildman–Crippen LogP) is 4.45. The van der Waals surface area contributed by atoms with Crippen LogP contribution in [0.15, 0.2) is 0 Å². The van der Waals surface area contributed by atoms with E-state index in [9.17, 15) is 4.79 Å². The first-order valence-corrected chi connectivity index (χ1v) is 12.8. The van der Waals surface area contributed by atoms with E-state index in [0.29, 0.717) is 35.7 Å². The summed E-state index contributed by atoms with van der Waals surface area (Å²) in [6, 6.07) is 1.02. The summed E-state index contributed by atoms with van der Waals surface area (Å²) in [5.74, 6) is 2.44. The molecule has 2 heterocycles. The van der Waals surface area contributed by atoms with Crippen molar-refractivity contribution in [1.29, 1.82) is 0 Å². The van der Waals surface area contributed by atoms with Crippen molar-refractivity contribution in [1.82, 2.24) is 4.90 Å². The maximum absolute atomic E-state index is 12.0. The molecule has 4 heteroatoms. The molecule has 0 saturated carbocycles. The number of nitrogens with zero attached hydrogens (tertiary/aromatic N) is 1. The van der Waals surface area contributed by atoms with Crippen LogP contribution in [-0.4, -0.2) is 22.9 Å². The van der Waals surface area contributed by atoms with Crippen LogP contribution in [-0.2, 0) is 4.79 Å². The third-order valence-electron chi connectivity index (χ3n) is 4.76. The lowest BCUT2D eigenvalue weighted by Gasteiger charge is -2.39. The van der Waals surface area contributed by atoms with Gasteiger partial charge in [0.25, 0.3) is 0 Å². The molecule has 0 aromatic rings. The van der Waals surface area contributed by atoms with Crippen LogP contribution in [0.25, 0.3) is 0 Å². The molecule has 100 valence electrons. The van der Waals surface area contributed by atoms with Crippen LogP contribution in [0.2, 0.25) is 0 Å². The second-order valence-electron chi connectivity index (χ2n) is 5.50. The minimum Gasteiger partial charge on any atom is -0.336 e. The summed E-state index contributed by atoms with van der Waals surface area (Å²) in [4.78, 5) is 14.2. The highest BCUT2D eigenvalue weighted by Crippen LogP contribution is 2.43. The molecule has 2 aliphatic rings. The zero-order valence-electron chi connectivity index (χ0n) is 11.1. The molecular formula is C13H23I2NO. The summed E-state index contributed by atoms with van der Waals surface area (Å²) in [5.41, 5.74) is 0. The maximum atomic E-state index is 12.0. The van der Waals surface area contributed by atoms with Gasteiger partial charge in [-0.15, -0.1) is 0 Å². The van der Waals surface area contributed by atoms with Crippen molar-refractivity contribution in [2.45, 2.75) is 59.0 Å². The fourth-order valence-corrected chi connectivity index (χ4v) is 3.75. The van der Waals surface area contributed by atoms with E-state index in [0.717, 1.165) is 19.3 Å². The Bertz CT molecular complexity index is 272. The van der Waals surface area contributed by atoms with Gasteiger partial charge in [0.2, 0.25) is 5.91 Å². The van der Waals surface area contributed by atoms with E-state index in [1.165, 1.54) is 0 Å². The lowest BCUT2D eigenvalue weighted by atomic mass is 9.82. The van der Waals surface area contributed by atoms with Crippen molar-refractivity contribution < 1.29 is 4.79 Å². The highest BCUT2D eigenvalue weighted by atomic mass is 128. The Morgan fingerprint density at radius 2 is 1.82 bits per heavy atom. The van der Waals surface area contributed by atoms with E-state index >= 15 is 0 Å². The van der Waals surface area contributed by atoms with Gasteiger partial charge in [-0.05, 0) is 30.6 Å². The van der Waals surface area contributed by atoms with Crippen LogP contribution in [0.3, 0.4) is 0 Å². The molecule has 2 aliphatic heterocycles. The quantitative estimate of drug-likeness (QED) is 0.527. The third kappa shape index (κ3) is 2.92. The van der Waals surface area contributed by atoms with E-state index in [2.05, 4.69) is 69.8 Å². The number of amides is 1. The van der Waals surface area contributed by atoms with Gasteiger partial charge in [-0.2, -0.15) is 0 Å². The molecule has 0 aromatic heterocycles. The zero-order chi connectivity index (χ0) is 13.2. The number of piperidine rings is 1. The summed E-state index contributed by atoms with van der Waals surface area (Å²) in [6.07, 6.45) is 2.97. The minimum absolute atomic E-state index is 0.404. The SMILES string of the molecule is CCC1[C@@H](C)[C@@H](C)C2C(C)CCC(=O)N12.II.